The van der Waals surface area contributed by atoms with Crippen LogP contribution >= 0.6 is 0 Å². The van der Waals surface area contributed by atoms with Crippen LogP contribution in [-0.4, -0.2) is 37.5 Å². The molecule has 0 amide bonds. The van der Waals surface area contributed by atoms with Gasteiger partial charge < -0.3 is 10.8 Å². The lowest BCUT2D eigenvalue weighted by Gasteiger charge is -2.37. The maximum absolute atomic E-state index is 12.2. The topological polar surface area (TPSA) is 107 Å². The molecule has 1 heterocycles. The van der Waals surface area contributed by atoms with Gasteiger partial charge in [0, 0.05) is 31.3 Å². The number of nitrogen functional groups attached to an aromatic ring is 1. The summed E-state index contributed by atoms with van der Waals surface area (Å²) >= 11 is 0. The van der Waals surface area contributed by atoms with Gasteiger partial charge in [-0.25, -0.2) is 8.42 Å². The van der Waals surface area contributed by atoms with Crippen LogP contribution in [0, 0.1) is 17.2 Å². The predicted molar refractivity (Wildman–Crippen MR) is 64.9 cm³/mol. The molecule has 0 radical (unpaired) electrons. The van der Waals surface area contributed by atoms with Gasteiger partial charge in [0.1, 0.15) is 11.0 Å². The number of nitrogens with two attached hydrogens (primary N) is 1. The first-order chi connectivity index (χ1) is 8.48. The standard InChI is InChI=1S/C11H13N3O3S/c12-4-9-3-10(13)1-2-11(9)18(16,17)14-5-8(6-14)7-15/h1-3,8,15H,5-7,13H2. The first kappa shape index (κ1) is 12.8. The van der Waals surface area contributed by atoms with Crippen LogP contribution in [0.3, 0.4) is 0 Å². The second-order valence-corrected chi connectivity index (χ2v) is 6.14. The van der Waals surface area contributed by atoms with Crippen molar-refractivity contribution in [3.63, 3.8) is 0 Å². The number of hydrogen-bond acceptors (Lipinski definition) is 5. The predicted octanol–water partition coefficient (Wildman–Crippen LogP) is -0.247. The third-order valence-electron chi connectivity index (χ3n) is 2.92. The molecule has 1 aliphatic heterocycles. The molecule has 1 aromatic rings. The van der Waals surface area contributed by atoms with Gasteiger partial charge in [0.25, 0.3) is 0 Å². The summed E-state index contributed by atoms with van der Waals surface area (Å²) in [5.41, 5.74) is 5.91. The van der Waals surface area contributed by atoms with Gasteiger partial charge in [0.15, 0.2) is 0 Å². The minimum Gasteiger partial charge on any atom is -0.399 e. The molecule has 0 atom stereocenters. The zero-order chi connectivity index (χ0) is 13.3. The normalized spacial score (nSPS) is 17.1. The summed E-state index contributed by atoms with van der Waals surface area (Å²) in [5, 5.41) is 17.8. The third kappa shape index (κ3) is 2.06. The Morgan fingerprint density at radius 1 is 1.50 bits per heavy atom. The molecule has 7 heteroatoms. The highest BCUT2D eigenvalue weighted by molar-refractivity contribution is 7.89. The summed E-state index contributed by atoms with van der Waals surface area (Å²) in [4.78, 5) is -0.0319. The van der Waals surface area contributed by atoms with Crippen LogP contribution in [0.1, 0.15) is 5.56 Å². The first-order valence-corrected chi connectivity index (χ1v) is 6.83. The van der Waals surface area contributed by atoms with Crippen LogP contribution in [0.5, 0.6) is 0 Å². The molecule has 96 valence electrons. The number of anilines is 1. The van der Waals surface area contributed by atoms with Gasteiger partial charge in [-0.05, 0) is 18.2 Å². The van der Waals surface area contributed by atoms with Crippen LogP contribution < -0.4 is 5.73 Å². The van der Waals surface area contributed by atoms with Crippen LogP contribution in [0.2, 0.25) is 0 Å². The molecule has 2 rings (SSSR count). The molecule has 0 aliphatic carbocycles. The highest BCUT2D eigenvalue weighted by Crippen LogP contribution is 2.27. The van der Waals surface area contributed by atoms with Crippen molar-refractivity contribution in [1.82, 2.24) is 4.31 Å². The highest BCUT2D eigenvalue weighted by Gasteiger charge is 2.37. The van der Waals surface area contributed by atoms with E-state index in [9.17, 15) is 8.42 Å². The largest absolute Gasteiger partial charge is 0.399 e. The fourth-order valence-corrected chi connectivity index (χ4v) is 3.55. The van der Waals surface area contributed by atoms with E-state index in [1.54, 1.807) is 0 Å². The van der Waals surface area contributed by atoms with Crippen LogP contribution in [0.15, 0.2) is 23.1 Å². The fourth-order valence-electron chi connectivity index (χ4n) is 1.83. The van der Waals surface area contributed by atoms with Crippen molar-refractivity contribution in [2.24, 2.45) is 5.92 Å². The van der Waals surface area contributed by atoms with E-state index >= 15 is 0 Å². The number of benzene rings is 1. The van der Waals surface area contributed by atoms with Crippen LogP contribution in [0.25, 0.3) is 0 Å². The summed E-state index contributed by atoms with van der Waals surface area (Å²) in [7, 11) is -3.66. The number of sulfonamides is 1. The molecule has 1 saturated heterocycles. The Hall–Kier alpha value is -1.62. The molecular formula is C11H13N3O3S. The lowest BCUT2D eigenvalue weighted by molar-refractivity contribution is 0.117. The molecule has 1 aliphatic rings. The maximum atomic E-state index is 12.2. The van der Waals surface area contributed by atoms with Crippen LogP contribution in [0.4, 0.5) is 5.69 Å². The van der Waals surface area contributed by atoms with E-state index < -0.39 is 10.0 Å². The van der Waals surface area contributed by atoms with E-state index in [1.165, 1.54) is 22.5 Å². The van der Waals surface area contributed by atoms with E-state index in [-0.39, 0.29) is 36.1 Å². The average Bonchev–Trinajstić information content (AvgIpc) is 2.26. The molecule has 0 saturated carbocycles. The van der Waals surface area contributed by atoms with E-state index in [2.05, 4.69) is 0 Å². The number of aliphatic hydroxyl groups excluding tert-OH is 1. The van der Waals surface area contributed by atoms with Gasteiger partial charge >= 0.3 is 0 Å². The van der Waals surface area contributed by atoms with Crippen molar-refractivity contribution >= 4 is 15.7 Å². The summed E-state index contributed by atoms with van der Waals surface area (Å²) in [6.07, 6.45) is 0. The minimum atomic E-state index is -3.66. The monoisotopic (exact) mass is 267 g/mol. The fraction of sp³-hybridized carbons (Fsp3) is 0.364. The van der Waals surface area contributed by atoms with E-state index in [0.29, 0.717) is 5.69 Å². The first-order valence-electron chi connectivity index (χ1n) is 5.39. The number of rotatable bonds is 3. The lowest BCUT2D eigenvalue weighted by atomic mass is 10.1. The van der Waals surface area contributed by atoms with Crippen molar-refractivity contribution in [2.75, 3.05) is 25.4 Å². The zero-order valence-corrected chi connectivity index (χ0v) is 10.4. The Labute approximate surface area is 105 Å². The van der Waals surface area contributed by atoms with Gasteiger partial charge in [-0.15, -0.1) is 0 Å². The SMILES string of the molecule is N#Cc1cc(N)ccc1S(=O)(=O)N1CC(CO)C1. The number of aliphatic hydroxyl groups is 1. The summed E-state index contributed by atoms with van der Waals surface area (Å²) < 4.78 is 25.7. The second-order valence-electron chi connectivity index (χ2n) is 4.24. The summed E-state index contributed by atoms with van der Waals surface area (Å²) in [5.74, 6) is -0.0147. The van der Waals surface area contributed by atoms with Gasteiger partial charge in [-0.2, -0.15) is 9.57 Å². The molecule has 1 aromatic carbocycles. The lowest BCUT2D eigenvalue weighted by Crippen LogP contribution is -2.51. The zero-order valence-electron chi connectivity index (χ0n) is 9.57. The van der Waals surface area contributed by atoms with Gasteiger partial charge in [-0.1, -0.05) is 0 Å². The molecule has 18 heavy (non-hydrogen) atoms. The molecule has 6 nitrogen and oxygen atoms in total. The number of nitriles is 1. The van der Waals surface area contributed by atoms with Crippen LogP contribution in [-0.2, 0) is 10.0 Å². The Morgan fingerprint density at radius 3 is 2.72 bits per heavy atom. The Balaban J connectivity index is 2.35. The summed E-state index contributed by atoms with van der Waals surface area (Å²) in [6.45, 7) is 0.543. The van der Waals surface area contributed by atoms with E-state index in [4.69, 9.17) is 16.1 Å². The van der Waals surface area contributed by atoms with E-state index in [0.717, 1.165) is 0 Å². The maximum Gasteiger partial charge on any atom is 0.244 e. The molecule has 3 N–H and O–H groups in total. The quantitative estimate of drug-likeness (QED) is 0.734. The highest BCUT2D eigenvalue weighted by atomic mass is 32.2. The van der Waals surface area contributed by atoms with Gasteiger partial charge in [0.2, 0.25) is 10.0 Å². The van der Waals surface area contributed by atoms with E-state index in [1.807, 2.05) is 6.07 Å². The molecule has 0 bridgehead atoms. The molecule has 0 spiro atoms. The molecular weight excluding hydrogens is 254 g/mol. The van der Waals surface area contributed by atoms with Crippen molar-refractivity contribution in [3.05, 3.63) is 23.8 Å². The van der Waals surface area contributed by atoms with Gasteiger partial charge in [-0.3, -0.25) is 0 Å². The Bertz CT molecular complexity index is 600. The van der Waals surface area contributed by atoms with Crippen molar-refractivity contribution in [3.8, 4) is 6.07 Å². The van der Waals surface area contributed by atoms with Crippen molar-refractivity contribution in [2.45, 2.75) is 4.90 Å². The summed E-state index contributed by atoms with van der Waals surface area (Å²) in [6, 6.07) is 5.98. The third-order valence-corrected chi connectivity index (χ3v) is 4.81. The smallest absolute Gasteiger partial charge is 0.244 e. The van der Waals surface area contributed by atoms with Crippen molar-refractivity contribution in [1.29, 1.82) is 5.26 Å². The van der Waals surface area contributed by atoms with Gasteiger partial charge in [0.05, 0.1) is 5.56 Å². The molecule has 0 aromatic heterocycles. The minimum absolute atomic E-state index is 0.0147. The Morgan fingerprint density at radius 2 is 2.17 bits per heavy atom. The molecule has 1 fully saturated rings. The Kier molecular flexibility index (Phi) is 3.26. The molecule has 0 unspecified atom stereocenters. The number of hydrogen-bond donors (Lipinski definition) is 2. The van der Waals surface area contributed by atoms with Crippen molar-refractivity contribution < 1.29 is 13.5 Å². The second kappa shape index (κ2) is 4.57. The average molecular weight is 267 g/mol. The number of nitrogens with zero attached hydrogens (tertiary/aromatic N) is 2.